The maximum absolute atomic E-state index is 13.4. The zero-order chi connectivity index (χ0) is 15.0. The summed E-state index contributed by atoms with van der Waals surface area (Å²) in [6.45, 7) is 0.447. The first-order chi connectivity index (χ1) is 10.00. The summed E-state index contributed by atoms with van der Waals surface area (Å²) in [5.74, 6) is -0.889. The molecule has 2 aromatic carbocycles. The average Bonchev–Trinajstić information content (AvgIpc) is 2.66. The minimum absolute atomic E-state index is 0.309. The largest absolute Gasteiger partial charge is 0.309 e. The van der Waals surface area contributed by atoms with Gasteiger partial charge in [-0.25, -0.2) is 4.39 Å². The van der Waals surface area contributed by atoms with Gasteiger partial charge in [-0.15, -0.1) is 0 Å². The molecule has 1 aliphatic rings. The second-order valence-electron chi connectivity index (χ2n) is 4.93. The van der Waals surface area contributed by atoms with E-state index in [-0.39, 0.29) is 0 Å². The molecule has 0 fully saturated rings. The molecule has 1 heterocycles. The molecule has 1 amide bonds. The second kappa shape index (κ2) is 5.32. The van der Waals surface area contributed by atoms with E-state index in [1.165, 1.54) is 17.0 Å². The molecule has 21 heavy (non-hydrogen) atoms. The predicted molar refractivity (Wildman–Crippen MR) is 82.3 cm³/mol. The van der Waals surface area contributed by atoms with Crippen LogP contribution in [0.15, 0.2) is 48.5 Å². The Balaban J connectivity index is 1.89. The molecule has 0 radical (unpaired) electrons. The predicted octanol–water partition coefficient (Wildman–Crippen LogP) is 4.05. The summed E-state index contributed by atoms with van der Waals surface area (Å²) in [5, 5.41) is 0. The monoisotopic (exact) mass is 323 g/mol. The van der Waals surface area contributed by atoms with Crippen molar-refractivity contribution in [1.29, 1.82) is 0 Å². The van der Waals surface area contributed by atoms with E-state index < -0.39 is 16.1 Å². The fraction of sp³-hybridized carbons (Fsp3) is 0.188. The molecule has 2 nitrogen and oxygen atoms in total. The van der Waals surface area contributed by atoms with E-state index in [1.54, 1.807) is 6.07 Å². The number of fused-ring (bicyclic) bond motifs is 1. The van der Waals surface area contributed by atoms with Crippen molar-refractivity contribution in [2.75, 3.05) is 11.4 Å². The summed E-state index contributed by atoms with van der Waals surface area (Å²) in [5.41, 5.74) is 1.99. The van der Waals surface area contributed by atoms with Gasteiger partial charge in [0.05, 0.1) is 5.69 Å². The highest BCUT2D eigenvalue weighted by molar-refractivity contribution is 6.60. The number of benzene rings is 2. The highest BCUT2D eigenvalue weighted by Crippen LogP contribution is 2.47. The van der Waals surface area contributed by atoms with Crippen LogP contribution in [0.25, 0.3) is 0 Å². The highest BCUT2D eigenvalue weighted by Gasteiger charge is 2.48. The van der Waals surface area contributed by atoms with Gasteiger partial charge in [-0.05, 0) is 30.2 Å². The maximum Gasteiger partial charge on any atom is 0.268 e. The zero-order valence-electron chi connectivity index (χ0n) is 11.0. The Labute approximate surface area is 132 Å². The van der Waals surface area contributed by atoms with E-state index in [0.29, 0.717) is 24.2 Å². The van der Waals surface area contributed by atoms with Crippen LogP contribution in [0.4, 0.5) is 10.1 Å². The Morgan fingerprint density at radius 3 is 2.52 bits per heavy atom. The van der Waals surface area contributed by atoms with E-state index >= 15 is 0 Å². The highest BCUT2D eigenvalue weighted by atomic mass is 35.5. The molecule has 108 valence electrons. The maximum atomic E-state index is 13.4. The smallest absolute Gasteiger partial charge is 0.268 e. The molecule has 0 unspecified atom stereocenters. The molecule has 3 rings (SSSR count). The standard InChI is InChI=1S/C16H12Cl2FNO/c17-16(18)13-10-12(19)6-7-14(13)20(15(16)21)9-8-11-4-2-1-3-5-11/h1-7,10H,8-9H2. The summed E-state index contributed by atoms with van der Waals surface area (Å²) in [7, 11) is 0. The Hall–Kier alpha value is -1.58. The SMILES string of the molecule is O=C1N(CCc2ccccc2)c2ccc(F)cc2C1(Cl)Cl. The molecule has 0 aromatic heterocycles. The van der Waals surface area contributed by atoms with Crippen LogP contribution in [-0.2, 0) is 15.5 Å². The summed E-state index contributed by atoms with van der Waals surface area (Å²) in [4.78, 5) is 13.9. The van der Waals surface area contributed by atoms with Crippen LogP contribution in [0.1, 0.15) is 11.1 Å². The molecular formula is C16H12Cl2FNO. The minimum Gasteiger partial charge on any atom is -0.309 e. The van der Waals surface area contributed by atoms with Gasteiger partial charge in [-0.3, -0.25) is 4.79 Å². The number of hydrogen-bond donors (Lipinski definition) is 0. The average molecular weight is 324 g/mol. The van der Waals surface area contributed by atoms with Crippen LogP contribution in [-0.4, -0.2) is 12.5 Å². The van der Waals surface area contributed by atoms with Crippen molar-refractivity contribution in [3.63, 3.8) is 0 Å². The first-order valence-electron chi connectivity index (χ1n) is 6.54. The zero-order valence-corrected chi connectivity index (χ0v) is 12.5. The van der Waals surface area contributed by atoms with Crippen LogP contribution < -0.4 is 4.90 Å². The van der Waals surface area contributed by atoms with Gasteiger partial charge in [0.25, 0.3) is 5.91 Å². The van der Waals surface area contributed by atoms with E-state index in [2.05, 4.69) is 0 Å². The number of anilines is 1. The lowest BCUT2D eigenvalue weighted by Crippen LogP contribution is -2.34. The Bertz CT molecular complexity index is 688. The van der Waals surface area contributed by atoms with E-state index in [1.807, 2.05) is 30.3 Å². The number of amides is 1. The second-order valence-corrected chi connectivity index (χ2v) is 6.26. The van der Waals surface area contributed by atoms with Crippen LogP contribution >= 0.6 is 23.2 Å². The van der Waals surface area contributed by atoms with Crippen molar-refractivity contribution in [3.05, 3.63) is 65.5 Å². The lowest BCUT2D eigenvalue weighted by molar-refractivity contribution is -0.118. The van der Waals surface area contributed by atoms with Crippen molar-refractivity contribution in [2.45, 2.75) is 10.8 Å². The molecule has 0 aliphatic carbocycles. The fourth-order valence-electron chi connectivity index (χ4n) is 2.50. The minimum atomic E-state index is -1.71. The normalized spacial score (nSPS) is 16.1. The van der Waals surface area contributed by atoms with Gasteiger partial charge in [0.1, 0.15) is 5.82 Å². The van der Waals surface area contributed by atoms with Crippen molar-refractivity contribution in [2.24, 2.45) is 0 Å². The third-order valence-electron chi connectivity index (χ3n) is 3.57. The number of carbonyl (C=O) groups is 1. The van der Waals surface area contributed by atoms with E-state index in [0.717, 1.165) is 5.56 Å². The summed E-state index contributed by atoms with van der Waals surface area (Å²) >= 11 is 12.2. The number of hydrogen-bond acceptors (Lipinski definition) is 1. The topological polar surface area (TPSA) is 20.3 Å². The summed E-state index contributed by atoms with van der Waals surface area (Å²) < 4.78 is 11.6. The quantitative estimate of drug-likeness (QED) is 0.780. The summed E-state index contributed by atoms with van der Waals surface area (Å²) in [6, 6.07) is 13.9. The number of rotatable bonds is 3. The molecule has 0 saturated heterocycles. The third-order valence-corrected chi connectivity index (χ3v) is 4.30. The van der Waals surface area contributed by atoms with Gasteiger partial charge in [-0.2, -0.15) is 0 Å². The Morgan fingerprint density at radius 1 is 1.10 bits per heavy atom. The third kappa shape index (κ3) is 2.52. The molecular weight excluding hydrogens is 312 g/mol. The van der Waals surface area contributed by atoms with Gasteiger partial charge >= 0.3 is 0 Å². The van der Waals surface area contributed by atoms with Gasteiger partial charge in [0, 0.05) is 12.1 Å². The van der Waals surface area contributed by atoms with E-state index in [4.69, 9.17) is 23.2 Å². The van der Waals surface area contributed by atoms with Crippen molar-refractivity contribution >= 4 is 34.8 Å². The Morgan fingerprint density at radius 2 is 1.81 bits per heavy atom. The van der Waals surface area contributed by atoms with E-state index in [9.17, 15) is 9.18 Å². The van der Waals surface area contributed by atoms with Crippen LogP contribution in [0, 0.1) is 5.82 Å². The van der Waals surface area contributed by atoms with Gasteiger partial charge in [-0.1, -0.05) is 53.5 Å². The molecule has 1 aliphatic heterocycles. The first-order valence-corrected chi connectivity index (χ1v) is 7.29. The lowest BCUT2D eigenvalue weighted by Gasteiger charge is -2.18. The Kier molecular flexibility index (Phi) is 3.64. The number of alkyl halides is 2. The van der Waals surface area contributed by atoms with Crippen molar-refractivity contribution in [3.8, 4) is 0 Å². The van der Waals surface area contributed by atoms with Gasteiger partial charge in [0.15, 0.2) is 0 Å². The molecule has 0 atom stereocenters. The van der Waals surface area contributed by atoms with Crippen LogP contribution in [0.5, 0.6) is 0 Å². The molecule has 0 bridgehead atoms. The fourth-order valence-corrected chi connectivity index (χ4v) is 3.00. The van der Waals surface area contributed by atoms with Gasteiger partial charge < -0.3 is 4.90 Å². The number of nitrogens with zero attached hydrogens (tertiary/aromatic N) is 1. The molecule has 5 heteroatoms. The molecule has 0 spiro atoms. The van der Waals surface area contributed by atoms with Gasteiger partial charge in [0.2, 0.25) is 4.33 Å². The summed E-state index contributed by atoms with van der Waals surface area (Å²) in [6.07, 6.45) is 0.674. The number of carbonyl (C=O) groups excluding carboxylic acids is 1. The van der Waals surface area contributed by atoms with Crippen LogP contribution in [0.3, 0.4) is 0 Å². The first kappa shape index (κ1) is 14.4. The van der Waals surface area contributed by atoms with Crippen molar-refractivity contribution in [1.82, 2.24) is 0 Å². The molecule has 2 aromatic rings. The number of halogens is 3. The van der Waals surface area contributed by atoms with Crippen molar-refractivity contribution < 1.29 is 9.18 Å². The lowest BCUT2D eigenvalue weighted by atomic mass is 10.1. The molecule has 0 N–H and O–H groups in total. The molecule has 0 saturated carbocycles. The van der Waals surface area contributed by atoms with Crippen LogP contribution in [0.2, 0.25) is 0 Å².